The maximum Gasteiger partial charge on any atom is 0.226 e. The highest BCUT2D eigenvalue weighted by atomic mass is 15.2. The molecule has 2 heterocycles. The molecule has 3 N–H and O–H groups in total. The van der Waals surface area contributed by atoms with E-state index in [9.17, 15) is 0 Å². The van der Waals surface area contributed by atoms with E-state index in [0.717, 1.165) is 37.1 Å². The zero-order valence-corrected chi connectivity index (χ0v) is 12.7. The third-order valence-electron chi connectivity index (χ3n) is 3.80. The molecule has 0 atom stereocenters. The van der Waals surface area contributed by atoms with Gasteiger partial charge in [-0.15, -0.1) is 0 Å². The SMILES string of the molecule is CCCNc1nc(NC(C)(CC)CC)c2[nH]cnc2n1. The topological polar surface area (TPSA) is 78.5 Å². The smallest absolute Gasteiger partial charge is 0.226 e. The highest BCUT2D eigenvalue weighted by Gasteiger charge is 2.22. The average Bonchev–Trinajstić information content (AvgIpc) is 2.93. The molecule has 0 fully saturated rings. The molecule has 0 saturated heterocycles. The number of nitrogens with one attached hydrogen (secondary N) is 3. The number of hydrogen-bond donors (Lipinski definition) is 3. The van der Waals surface area contributed by atoms with Gasteiger partial charge in [-0.05, 0) is 26.2 Å². The number of H-pyrrole nitrogens is 1. The number of anilines is 2. The molecule has 0 bridgehead atoms. The highest BCUT2D eigenvalue weighted by molar-refractivity contribution is 5.84. The van der Waals surface area contributed by atoms with Crippen LogP contribution in [0.1, 0.15) is 47.0 Å². The summed E-state index contributed by atoms with van der Waals surface area (Å²) in [6.07, 6.45) is 4.75. The monoisotopic (exact) mass is 276 g/mol. The normalized spacial score (nSPS) is 11.8. The number of rotatable bonds is 7. The summed E-state index contributed by atoms with van der Waals surface area (Å²) in [7, 11) is 0. The lowest BCUT2D eigenvalue weighted by Gasteiger charge is -2.29. The van der Waals surface area contributed by atoms with Gasteiger partial charge in [0.15, 0.2) is 11.5 Å². The summed E-state index contributed by atoms with van der Waals surface area (Å²) < 4.78 is 0. The highest BCUT2D eigenvalue weighted by Crippen LogP contribution is 2.25. The first-order chi connectivity index (χ1) is 9.61. The van der Waals surface area contributed by atoms with Crippen molar-refractivity contribution in [2.45, 2.75) is 52.5 Å². The molecule has 110 valence electrons. The molecule has 6 nitrogen and oxygen atoms in total. The second-order valence-electron chi connectivity index (χ2n) is 5.32. The van der Waals surface area contributed by atoms with Crippen LogP contribution in [-0.2, 0) is 0 Å². The van der Waals surface area contributed by atoms with Crippen LogP contribution in [0.2, 0.25) is 0 Å². The van der Waals surface area contributed by atoms with E-state index < -0.39 is 0 Å². The maximum atomic E-state index is 4.59. The van der Waals surface area contributed by atoms with Crippen LogP contribution in [-0.4, -0.2) is 32.0 Å². The standard InChI is InChI=1S/C14H24N6/c1-5-8-15-13-18-11-10(16-9-17-11)12(19-13)20-14(4,6-2)7-3/h9H,5-8H2,1-4H3,(H3,15,16,17,18,19,20). The molecule has 2 rings (SSSR count). The van der Waals surface area contributed by atoms with Gasteiger partial charge < -0.3 is 15.6 Å². The lowest BCUT2D eigenvalue weighted by Crippen LogP contribution is -2.33. The Morgan fingerprint density at radius 2 is 1.95 bits per heavy atom. The van der Waals surface area contributed by atoms with Gasteiger partial charge in [-0.2, -0.15) is 9.97 Å². The zero-order valence-electron chi connectivity index (χ0n) is 12.7. The molecule has 0 saturated carbocycles. The summed E-state index contributed by atoms with van der Waals surface area (Å²) in [6, 6.07) is 0. The summed E-state index contributed by atoms with van der Waals surface area (Å²) >= 11 is 0. The summed E-state index contributed by atoms with van der Waals surface area (Å²) in [5.74, 6) is 1.45. The van der Waals surface area contributed by atoms with Crippen LogP contribution in [0, 0.1) is 0 Å². The van der Waals surface area contributed by atoms with Crippen LogP contribution >= 0.6 is 0 Å². The minimum absolute atomic E-state index is 0.0222. The van der Waals surface area contributed by atoms with Crippen molar-refractivity contribution >= 4 is 22.9 Å². The van der Waals surface area contributed by atoms with E-state index in [1.54, 1.807) is 6.33 Å². The third-order valence-corrected chi connectivity index (χ3v) is 3.80. The van der Waals surface area contributed by atoms with E-state index >= 15 is 0 Å². The molecular formula is C14H24N6. The molecule has 0 unspecified atom stereocenters. The number of aromatic nitrogens is 4. The fraction of sp³-hybridized carbons (Fsp3) is 0.643. The molecular weight excluding hydrogens is 252 g/mol. The Labute approximate surface area is 119 Å². The number of nitrogens with zero attached hydrogens (tertiary/aromatic N) is 3. The van der Waals surface area contributed by atoms with Gasteiger partial charge in [-0.1, -0.05) is 20.8 Å². The van der Waals surface area contributed by atoms with Crippen LogP contribution in [0.3, 0.4) is 0 Å². The van der Waals surface area contributed by atoms with E-state index in [4.69, 9.17) is 0 Å². The first-order valence-electron chi connectivity index (χ1n) is 7.35. The first kappa shape index (κ1) is 14.6. The van der Waals surface area contributed by atoms with Gasteiger partial charge in [-0.3, -0.25) is 0 Å². The van der Waals surface area contributed by atoms with Gasteiger partial charge in [0.1, 0.15) is 5.52 Å². The minimum Gasteiger partial charge on any atom is -0.363 e. The molecule has 0 aliphatic heterocycles. The largest absolute Gasteiger partial charge is 0.363 e. The molecule has 0 amide bonds. The maximum absolute atomic E-state index is 4.59. The Bertz CT molecular complexity index is 558. The summed E-state index contributed by atoms with van der Waals surface area (Å²) in [4.78, 5) is 16.4. The van der Waals surface area contributed by atoms with Gasteiger partial charge in [0.25, 0.3) is 0 Å². The Hall–Kier alpha value is -1.85. The molecule has 20 heavy (non-hydrogen) atoms. The lowest BCUT2D eigenvalue weighted by molar-refractivity contribution is 0.477. The molecule has 0 spiro atoms. The van der Waals surface area contributed by atoms with Crippen molar-refractivity contribution in [1.82, 2.24) is 19.9 Å². The van der Waals surface area contributed by atoms with Crippen molar-refractivity contribution in [3.05, 3.63) is 6.33 Å². The average molecular weight is 276 g/mol. The zero-order chi connectivity index (χ0) is 14.6. The summed E-state index contributed by atoms with van der Waals surface area (Å²) in [5.41, 5.74) is 1.57. The molecule has 2 aromatic rings. The number of fused-ring (bicyclic) bond motifs is 1. The van der Waals surface area contributed by atoms with E-state index in [-0.39, 0.29) is 5.54 Å². The molecule has 0 aliphatic carbocycles. The number of hydrogen-bond acceptors (Lipinski definition) is 5. The van der Waals surface area contributed by atoms with Crippen molar-refractivity contribution in [3.63, 3.8) is 0 Å². The van der Waals surface area contributed by atoms with Crippen LogP contribution in [0.5, 0.6) is 0 Å². The quantitative estimate of drug-likeness (QED) is 0.724. The van der Waals surface area contributed by atoms with E-state index in [2.05, 4.69) is 58.3 Å². The molecule has 2 aromatic heterocycles. The van der Waals surface area contributed by atoms with E-state index in [0.29, 0.717) is 11.6 Å². The van der Waals surface area contributed by atoms with Gasteiger partial charge >= 0.3 is 0 Å². The second-order valence-corrected chi connectivity index (χ2v) is 5.32. The van der Waals surface area contributed by atoms with Crippen LogP contribution < -0.4 is 10.6 Å². The molecule has 0 aliphatic rings. The van der Waals surface area contributed by atoms with Crippen LogP contribution in [0.4, 0.5) is 11.8 Å². The lowest BCUT2D eigenvalue weighted by atomic mass is 9.95. The number of aromatic amines is 1. The number of imidazole rings is 1. The fourth-order valence-electron chi connectivity index (χ4n) is 1.95. The third kappa shape index (κ3) is 3.00. The van der Waals surface area contributed by atoms with Gasteiger partial charge in [0, 0.05) is 12.1 Å². The predicted molar refractivity (Wildman–Crippen MR) is 83.1 cm³/mol. The van der Waals surface area contributed by atoms with E-state index in [1.807, 2.05) is 0 Å². The minimum atomic E-state index is 0.0222. The first-order valence-corrected chi connectivity index (χ1v) is 7.35. The second kappa shape index (κ2) is 6.07. The van der Waals surface area contributed by atoms with Gasteiger partial charge in [-0.25, -0.2) is 4.98 Å². The van der Waals surface area contributed by atoms with Crippen molar-refractivity contribution in [1.29, 1.82) is 0 Å². The predicted octanol–water partition coefficient (Wildman–Crippen LogP) is 3.17. The van der Waals surface area contributed by atoms with Crippen molar-refractivity contribution in [2.75, 3.05) is 17.2 Å². The van der Waals surface area contributed by atoms with Crippen LogP contribution in [0.15, 0.2) is 6.33 Å². The van der Waals surface area contributed by atoms with Gasteiger partial charge in [0.05, 0.1) is 6.33 Å². The van der Waals surface area contributed by atoms with Crippen molar-refractivity contribution < 1.29 is 0 Å². The summed E-state index contributed by atoms with van der Waals surface area (Å²) in [6.45, 7) is 9.53. The van der Waals surface area contributed by atoms with Gasteiger partial charge in [0.2, 0.25) is 5.95 Å². The van der Waals surface area contributed by atoms with E-state index in [1.165, 1.54) is 0 Å². The van der Waals surface area contributed by atoms with Crippen molar-refractivity contribution in [2.24, 2.45) is 0 Å². The Kier molecular flexibility index (Phi) is 4.42. The molecule has 0 radical (unpaired) electrons. The summed E-state index contributed by atoms with van der Waals surface area (Å²) in [5, 5.41) is 6.76. The Morgan fingerprint density at radius 3 is 2.60 bits per heavy atom. The molecule has 6 heteroatoms. The molecule has 0 aromatic carbocycles. The van der Waals surface area contributed by atoms with Crippen LogP contribution in [0.25, 0.3) is 11.2 Å². The fourth-order valence-corrected chi connectivity index (χ4v) is 1.95. The Morgan fingerprint density at radius 1 is 1.20 bits per heavy atom. The Balaban J connectivity index is 2.36. The van der Waals surface area contributed by atoms with Crippen molar-refractivity contribution in [3.8, 4) is 0 Å².